The largest absolute Gasteiger partial charge is 0.387 e. The van der Waals surface area contributed by atoms with E-state index in [9.17, 15) is 4.79 Å². The van der Waals surface area contributed by atoms with Gasteiger partial charge < -0.3 is 10.6 Å². The molecule has 0 aliphatic heterocycles. The lowest BCUT2D eigenvalue weighted by atomic mass is 10.1. The van der Waals surface area contributed by atoms with Crippen molar-refractivity contribution in [1.82, 2.24) is 5.32 Å². The Balaban J connectivity index is 2.15. The Morgan fingerprint density at radius 2 is 1.90 bits per heavy atom. The van der Waals surface area contributed by atoms with Crippen LogP contribution in [-0.4, -0.2) is 13.0 Å². The molecule has 1 amide bonds. The number of carbonyl (C=O) groups is 1. The van der Waals surface area contributed by atoms with E-state index in [1.807, 2.05) is 62.5 Å². The first-order chi connectivity index (χ1) is 9.61. The number of rotatable bonds is 4. The first-order valence-electron chi connectivity index (χ1n) is 6.45. The minimum atomic E-state index is -0.0811. The number of halogens is 1. The predicted octanol–water partition coefficient (Wildman–Crippen LogP) is 3.98. The number of para-hydroxylation sites is 1. The molecule has 3 nitrogen and oxygen atoms in total. The van der Waals surface area contributed by atoms with Gasteiger partial charge in [0.1, 0.15) is 0 Å². The number of carbonyl (C=O) groups excluding carboxylic acids is 1. The molecule has 0 fully saturated rings. The van der Waals surface area contributed by atoms with Crippen LogP contribution in [0.1, 0.15) is 28.9 Å². The summed E-state index contributed by atoms with van der Waals surface area (Å²) in [5, 5.41) is 6.04. The summed E-state index contributed by atoms with van der Waals surface area (Å²) in [6.07, 6.45) is 0. The SMILES string of the molecule is CNc1ccccc1C(=O)NC(C)c1cccc(Br)c1. The maximum absolute atomic E-state index is 12.3. The molecule has 0 heterocycles. The lowest BCUT2D eigenvalue weighted by Crippen LogP contribution is -2.27. The quantitative estimate of drug-likeness (QED) is 0.889. The topological polar surface area (TPSA) is 41.1 Å². The Morgan fingerprint density at radius 3 is 2.60 bits per heavy atom. The van der Waals surface area contributed by atoms with Crippen LogP contribution in [0, 0.1) is 0 Å². The second-order valence-corrected chi connectivity index (χ2v) is 5.46. The fourth-order valence-corrected chi connectivity index (χ4v) is 2.45. The number of amides is 1. The summed E-state index contributed by atoms with van der Waals surface area (Å²) in [7, 11) is 1.81. The minimum absolute atomic E-state index is 0.0510. The van der Waals surface area contributed by atoms with Crippen molar-refractivity contribution < 1.29 is 4.79 Å². The zero-order chi connectivity index (χ0) is 14.5. The highest BCUT2D eigenvalue weighted by Gasteiger charge is 2.14. The van der Waals surface area contributed by atoms with E-state index >= 15 is 0 Å². The highest BCUT2D eigenvalue weighted by atomic mass is 79.9. The Hall–Kier alpha value is -1.81. The molecule has 20 heavy (non-hydrogen) atoms. The van der Waals surface area contributed by atoms with Gasteiger partial charge >= 0.3 is 0 Å². The third kappa shape index (κ3) is 3.39. The number of anilines is 1. The summed E-state index contributed by atoms with van der Waals surface area (Å²) in [5.74, 6) is -0.0811. The summed E-state index contributed by atoms with van der Waals surface area (Å²) < 4.78 is 1.01. The molecule has 0 aliphatic rings. The van der Waals surface area contributed by atoms with Crippen LogP contribution >= 0.6 is 15.9 Å². The Kier molecular flexibility index (Phi) is 4.79. The summed E-state index contributed by atoms with van der Waals surface area (Å²) in [6, 6.07) is 15.4. The molecule has 1 atom stereocenters. The molecule has 2 N–H and O–H groups in total. The van der Waals surface area contributed by atoms with Crippen molar-refractivity contribution in [1.29, 1.82) is 0 Å². The summed E-state index contributed by atoms with van der Waals surface area (Å²) in [4.78, 5) is 12.3. The predicted molar refractivity (Wildman–Crippen MR) is 86.0 cm³/mol. The third-order valence-electron chi connectivity index (χ3n) is 3.14. The molecule has 0 aromatic heterocycles. The van der Waals surface area contributed by atoms with E-state index in [0.717, 1.165) is 15.7 Å². The maximum Gasteiger partial charge on any atom is 0.253 e. The van der Waals surface area contributed by atoms with Gasteiger partial charge in [0.2, 0.25) is 0 Å². The maximum atomic E-state index is 12.3. The molecule has 0 aliphatic carbocycles. The summed E-state index contributed by atoms with van der Waals surface area (Å²) in [5.41, 5.74) is 2.54. The average molecular weight is 333 g/mol. The fraction of sp³-hybridized carbons (Fsp3) is 0.188. The molecular weight excluding hydrogens is 316 g/mol. The van der Waals surface area contributed by atoms with Gasteiger partial charge in [0.25, 0.3) is 5.91 Å². The second-order valence-electron chi connectivity index (χ2n) is 4.55. The average Bonchev–Trinajstić information content (AvgIpc) is 2.47. The van der Waals surface area contributed by atoms with Gasteiger partial charge in [0, 0.05) is 17.2 Å². The molecule has 0 bridgehead atoms. The van der Waals surface area contributed by atoms with E-state index in [2.05, 4.69) is 26.6 Å². The summed E-state index contributed by atoms with van der Waals surface area (Å²) >= 11 is 3.44. The van der Waals surface area contributed by atoms with Crippen molar-refractivity contribution in [2.75, 3.05) is 12.4 Å². The van der Waals surface area contributed by atoms with Gasteiger partial charge in [-0.1, -0.05) is 40.2 Å². The van der Waals surface area contributed by atoms with Crippen LogP contribution in [0.5, 0.6) is 0 Å². The normalized spacial score (nSPS) is 11.8. The fourth-order valence-electron chi connectivity index (χ4n) is 2.03. The second kappa shape index (κ2) is 6.57. The van der Waals surface area contributed by atoms with Gasteiger partial charge in [-0.3, -0.25) is 4.79 Å². The lowest BCUT2D eigenvalue weighted by Gasteiger charge is -2.16. The van der Waals surface area contributed by atoms with Gasteiger partial charge in [-0.2, -0.15) is 0 Å². The Labute approximate surface area is 127 Å². The van der Waals surface area contributed by atoms with Gasteiger partial charge in [-0.15, -0.1) is 0 Å². The molecule has 104 valence electrons. The number of hydrogen-bond acceptors (Lipinski definition) is 2. The Bertz CT molecular complexity index is 613. The van der Waals surface area contributed by atoms with Crippen LogP contribution in [0.3, 0.4) is 0 Å². The van der Waals surface area contributed by atoms with Crippen LogP contribution < -0.4 is 10.6 Å². The summed E-state index contributed by atoms with van der Waals surface area (Å²) in [6.45, 7) is 1.97. The van der Waals surface area contributed by atoms with E-state index in [0.29, 0.717) is 5.56 Å². The van der Waals surface area contributed by atoms with Gasteiger partial charge in [-0.25, -0.2) is 0 Å². The van der Waals surface area contributed by atoms with Crippen molar-refractivity contribution in [2.24, 2.45) is 0 Å². The molecule has 4 heteroatoms. The minimum Gasteiger partial charge on any atom is -0.387 e. The lowest BCUT2D eigenvalue weighted by molar-refractivity contribution is 0.0940. The van der Waals surface area contributed by atoms with E-state index in [1.54, 1.807) is 0 Å². The molecule has 2 aromatic carbocycles. The van der Waals surface area contributed by atoms with Crippen molar-refractivity contribution in [2.45, 2.75) is 13.0 Å². The smallest absolute Gasteiger partial charge is 0.253 e. The highest BCUT2D eigenvalue weighted by Crippen LogP contribution is 2.20. The van der Waals surface area contributed by atoms with E-state index < -0.39 is 0 Å². The standard InChI is InChI=1S/C16H17BrN2O/c1-11(12-6-5-7-13(17)10-12)19-16(20)14-8-3-4-9-15(14)18-2/h3-11,18H,1-2H3,(H,19,20). The van der Waals surface area contributed by atoms with Gasteiger partial charge in [0.05, 0.1) is 11.6 Å². The number of nitrogens with one attached hydrogen (secondary N) is 2. The van der Waals surface area contributed by atoms with Crippen LogP contribution in [0.25, 0.3) is 0 Å². The van der Waals surface area contributed by atoms with E-state index in [4.69, 9.17) is 0 Å². The molecule has 2 rings (SSSR count). The molecule has 0 spiro atoms. The van der Waals surface area contributed by atoms with Crippen LogP contribution in [0.15, 0.2) is 53.0 Å². The molecule has 0 radical (unpaired) electrons. The Morgan fingerprint density at radius 1 is 1.15 bits per heavy atom. The van der Waals surface area contributed by atoms with Crippen molar-refractivity contribution in [3.8, 4) is 0 Å². The van der Waals surface area contributed by atoms with E-state index in [-0.39, 0.29) is 11.9 Å². The zero-order valence-electron chi connectivity index (χ0n) is 11.5. The van der Waals surface area contributed by atoms with Crippen LogP contribution in [-0.2, 0) is 0 Å². The number of benzene rings is 2. The van der Waals surface area contributed by atoms with Crippen LogP contribution in [0.2, 0.25) is 0 Å². The molecule has 2 aromatic rings. The van der Waals surface area contributed by atoms with Crippen molar-refractivity contribution in [3.05, 3.63) is 64.1 Å². The molecule has 0 saturated heterocycles. The van der Waals surface area contributed by atoms with Crippen LogP contribution in [0.4, 0.5) is 5.69 Å². The monoisotopic (exact) mass is 332 g/mol. The molecule has 0 saturated carbocycles. The molecular formula is C16H17BrN2O. The third-order valence-corrected chi connectivity index (χ3v) is 3.63. The van der Waals surface area contributed by atoms with Gasteiger partial charge in [0.15, 0.2) is 0 Å². The first-order valence-corrected chi connectivity index (χ1v) is 7.24. The highest BCUT2D eigenvalue weighted by molar-refractivity contribution is 9.10. The number of hydrogen-bond donors (Lipinski definition) is 2. The van der Waals surface area contributed by atoms with Gasteiger partial charge in [-0.05, 0) is 36.8 Å². The molecule has 1 unspecified atom stereocenters. The zero-order valence-corrected chi connectivity index (χ0v) is 13.1. The van der Waals surface area contributed by atoms with Crippen molar-refractivity contribution in [3.63, 3.8) is 0 Å². The first kappa shape index (κ1) is 14.6. The van der Waals surface area contributed by atoms with E-state index in [1.165, 1.54) is 0 Å². The van der Waals surface area contributed by atoms with Crippen molar-refractivity contribution >= 4 is 27.5 Å².